The molecule has 0 saturated carbocycles. The SMILES string of the molecule is C#CCOc1cc2c(cc1OCCCCCOc1cc3c(cc1OC)C(=O)N1C=C(C)C[C@H]1C(=O)N3COCC[Si](C)(C)C)N(COCC[Si](C)(C)C)C(=O)[C@@H]1CC(C)=CN1C2=O. The Bertz CT molecular complexity index is 2170. The van der Waals surface area contributed by atoms with Crippen LogP contribution in [0.25, 0.3) is 0 Å². The zero-order valence-electron chi connectivity index (χ0n) is 38.5. The van der Waals surface area contributed by atoms with E-state index < -0.39 is 28.2 Å². The molecule has 0 radical (unpaired) electrons. The monoisotopic (exact) mass is 900 g/mol. The summed E-state index contributed by atoms with van der Waals surface area (Å²) < 4.78 is 36.3. The fourth-order valence-electron chi connectivity index (χ4n) is 7.84. The van der Waals surface area contributed by atoms with Crippen LogP contribution < -0.4 is 28.7 Å². The quantitative estimate of drug-likeness (QED) is 0.0692. The average molecular weight is 901 g/mol. The first-order chi connectivity index (χ1) is 29.9. The first kappa shape index (κ1) is 47.4. The van der Waals surface area contributed by atoms with E-state index in [9.17, 15) is 19.2 Å². The molecule has 4 aliphatic rings. The zero-order chi connectivity index (χ0) is 45.6. The number of ether oxygens (including phenoxy) is 6. The summed E-state index contributed by atoms with van der Waals surface area (Å²) in [4.78, 5) is 62.1. The smallest absolute Gasteiger partial charge is 0.260 e. The van der Waals surface area contributed by atoms with Crippen molar-refractivity contribution in [2.45, 2.75) is 109 Å². The topological polar surface area (TPSA) is 137 Å². The fourth-order valence-corrected chi connectivity index (χ4v) is 9.35. The second-order valence-corrected chi connectivity index (χ2v) is 30.4. The molecule has 0 fully saturated rings. The molecule has 14 nitrogen and oxygen atoms in total. The predicted octanol–water partition coefficient (Wildman–Crippen LogP) is 7.89. The Hall–Kier alpha value is -5.09. The minimum atomic E-state index is -1.39. The van der Waals surface area contributed by atoms with Crippen LogP contribution in [0.2, 0.25) is 51.4 Å². The number of hydrogen-bond acceptors (Lipinski definition) is 10. The molecule has 4 heterocycles. The third-order valence-corrected chi connectivity index (χ3v) is 14.8. The maximum atomic E-state index is 14.1. The molecule has 340 valence electrons. The molecular formula is C47H64N4O10Si2. The average Bonchev–Trinajstić information content (AvgIpc) is 3.79. The number of hydrogen-bond donors (Lipinski definition) is 0. The number of nitrogens with zero attached hydrogens (tertiary/aromatic N) is 4. The Kier molecular flexibility index (Phi) is 15.2. The summed E-state index contributed by atoms with van der Waals surface area (Å²) in [6, 6.07) is 7.22. The number of carbonyl (C=O) groups is 4. The Morgan fingerprint density at radius 3 is 1.48 bits per heavy atom. The van der Waals surface area contributed by atoms with Crippen molar-refractivity contribution in [1.82, 2.24) is 9.80 Å². The Morgan fingerprint density at radius 1 is 0.619 bits per heavy atom. The summed E-state index contributed by atoms with van der Waals surface area (Å²) in [7, 11) is -1.24. The van der Waals surface area contributed by atoms with Crippen LogP contribution in [-0.2, 0) is 19.1 Å². The number of fused-ring (bicyclic) bond motifs is 4. The summed E-state index contributed by atoms with van der Waals surface area (Å²) in [5.41, 5.74) is 3.37. The van der Waals surface area contributed by atoms with Gasteiger partial charge in [0.25, 0.3) is 23.6 Å². The van der Waals surface area contributed by atoms with Crippen LogP contribution in [0.15, 0.2) is 47.8 Å². The molecule has 0 N–H and O–H groups in total. The fraction of sp³-hybridized carbons (Fsp3) is 0.532. The second-order valence-electron chi connectivity index (χ2n) is 19.1. The van der Waals surface area contributed by atoms with Crippen molar-refractivity contribution in [1.29, 1.82) is 0 Å². The van der Waals surface area contributed by atoms with Gasteiger partial charge in [0.2, 0.25) is 0 Å². The first-order valence-corrected chi connectivity index (χ1v) is 29.3. The van der Waals surface area contributed by atoms with Crippen molar-refractivity contribution < 1.29 is 47.6 Å². The number of anilines is 2. The predicted molar refractivity (Wildman–Crippen MR) is 248 cm³/mol. The summed E-state index contributed by atoms with van der Waals surface area (Å²) >= 11 is 0. The molecular weight excluding hydrogens is 837 g/mol. The van der Waals surface area contributed by atoms with Crippen LogP contribution in [0.5, 0.6) is 23.0 Å². The van der Waals surface area contributed by atoms with E-state index in [2.05, 4.69) is 45.2 Å². The highest BCUT2D eigenvalue weighted by Crippen LogP contribution is 2.42. The van der Waals surface area contributed by atoms with Crippen LogP contribution in [0.1, 0.15) is 66.7 Å². The van der Waals surface area contributed by atoms with Crippen LogP contribution in [-0.4, -0.2) is 115 Å². The lowest BCUT2D eigenvalue weighted by Crippen LogP contribution is -2.45. The van der Waals surface area contributed by atoms with Gasteiger partial charge in [0.1, 0.15) is 32.2 Å². The van der Waals surface area contributed by atoms with Gasteiger partial charge in [-0.2, -0.15) is 0 Å². The van der Waals surface area contributed by atoms with E-state index in [1.54, 1.807) is 46.5 Å². The van der Waals surface area contributed by atoms with Gasteiger partial charge in [0.05, 0.1) is 42.8 Å². The van der Waals surface area contributed by atoms with Gasteiger partial charge < -0.3 is 38.2 Å². The van der Waals surface area contributed by atoms with Gasteiger partial charge in [0, 0.05) is 53.9 Å². The molecule has 63 heavy (non-hydrogen) atoms. The minimum Gasteiger partial charge on any atom is -0.493 e. The first-order valence-electron chi connectivity index (χ1n) is 21.9. The molecule has 2 atom stereocenters. The highest BCUT2D eigenvalue weighted by Gasteiger charge is 2.44. The lowest BCUT2D eigenvalue weighted by atomic mass is 10.1. The van der Waals surface area contributed by atoms with Crippen molar-refractivity contribution >= 4 is 51.2 Å². The number of amides is 4. The summed E-state index contributed by atoms with van der Waals surface area (Å²) in [5, 5.41) is 0. The highest BCUT2D eigenvalue weighted by molar-refractivity contribution is 6.76. The zero-order valence-corrected chi connectivity index (χ0v) is 40.5. The molecule has 0 bridgehead atoms. The summed E-state index contributed by atoms with van der Waals surface area (Å²) in [6.45, 7) is 19.1. The number of rotatable bonds is 21. The normalized spacial score (nSPS) is 18.5. The Balaban J connectivity index is 1.13. The Labute approximate surface area is 374 Å². The number of methoxy groups -OCH3 is 1. The lowest BCUT2D eigenvalue weighted by Gasteiger charge is -2.27. The van der Waals surface area contributed by atoms with Gasteiger partial charge in [-0.15, -0.1) is 6.42 Å². The molecule has 16 heteroatoms. The lowest BCUT2D eigenvalue weighted by molar-refractivity contribution is -0.123. The van der Waals surface area contributed by atoms with Gasteiger partial charge in [-0.1, -0.05) is 56.3 Å². The molecule has 6 rings (SSSR count). The molecule has 4 amide bonds. The molecule has 2 aromatic carbocycles. The third kappa shape index (κ3) is 11.4. The molecule has 0 saturated heterocycles. The van der Waals surface area contributed by atoms with E-state index >= 15 is 0 Å². The van der Waals surface area contributed by atoms with E-state index in [1.165, 1.54) is 16.9 Å². The van der Waals surface area contributed by atoms with E-state index in [0.717, 1.165) is 29.7 Å². The highest BCUT2D eigenvalue weighted by atomic mass is 28.3. The van der Waals surface area contributed by atoms with Gasteiger partial charge in [-0.3, -0.25) is 29.0 Å². The van der Waals surface area contributed by atoms with Crippen LogP contribution in [0.4, 0.5) is 11.4 Å². The van der Waals surface area contributed by atoms with Crippen LogP contribution in [0, 0.1) is 12.3 Å². The number of terminal acetylenes is 1. The van der Waals surface area contributed by atoms with E-state index in [0.29, 0.717) is 97.6 Å². The largest absolute Gasteiger partial charge is 0.493 e. The summed E-state index contributed by atoms with van der Waals surface area (Å²) in [5.74, 6) is 2.95. The molecule has 0 unspecified atom stereocenters. The van der Waals surface area contributed by atoms with Gasteiger partial charge in [-0.25, -0.2) is 0 Å². The number of benzene rings is 2. The standard InChI is InChI=1S/C47H64N4O10Si2/c1-11-15-59-41-25-35-37(51(31-58-19-21-63(8,9)10)47(55)39-23-33(3)29-49(39)45(35)53)27-43(41)61-17-14-12-13-16-60-42-26-36-34(24-40(42)56-4)44(52)48-28-32(2)22-38(48)46(54)50(36)30-57-18-20-62(5,6)7/h1,24-29,38-39H,12-23,30-31H2,2-10H3/t38-,39-/m0/s1. The molecule has 0 aliphatic carbocycles. The van der Waals surface area contributed by atoms with Gasteiger partial charge in [0.15, 0.2) is 23.0 Å². The van der Waals surface area contributed by atoms with Crippen molar-refractivity contribution in [3.8, 4) is 35.3 Å². The molecule has 0 spiro atoms. The van der Waals surface area contributed by atoms with E-state index in [-0.39, 0.29) is 43.7 Å². The number of unbranched alkanes of at least 4 members (excludes halogenated alkanes) is 2. The van der Waals surface area contributed by atoms with E-state index in [1.807, 2.05) is 13.8 Å². The molecule has 2 aromatic rings. The van der Waals surface area contributed by atoms with Crippen molar-refractivity contribution in [3.05, 3.63) is 58.9 Å². The second kappa shape index (κ2) is 20.2. The molecule has 4 aliphatic heterocycles. The van der Waals surface area contributed by atoms with Crippen LogP contribution in [0.3, 0.4) is 0 Å². The van der Waals surface area contributed by atoms with Crippen LogP contribution >= 0.6 is 0 Å². The van der Waals surface area contributed by atoms with Crippen molar-refractivity contribution in [3.63, 3.8) is 0 Å². The molecule has 0 aromatic heterocycles. The maximum Gasteiger partial charge on any atom is 0.260 e. The van der Waals surface area contributed by atoms with Crippen molar-refractivity contribution in [2.75, 3.05) is 63.4 Å². The van der Waals surface area contributed by atoms with Gasteiger partial charge >= 0.3 is 0 Å². The third-order valence-electron chi connectivity index (χ3n) is 11.4. The van der Waals surface area contributed by atoms with E-state index in [4.69, 9.17) is 34.8 Å². The summed E-state index contributed by atoms with van der Waals surface area (Å²) in [6.07, 6.45) is 12.0. The number of carbonyl (C=O) groups excluding carboxylic acids is 4. The van der Waals surface area contributed by atoms with Gasteiger partial charge in [-0.05, 0) is 70.2 Å². The minimum absolute atomic E-state index is 0.000862. The van der Waals surface area contributed by atoms with Crippen molar-refractivity contribution in [2.24, 2.45) is 0 Å². The Morgan fingerprint density at radius 2 is 1.05 bits per heavy atom. The maximum absolute atomic E-state index is 14.1.